The lowest BCUT2D eigenvalue weighted by Gasteiger charge is -2.21. The predicted molar refractivity (Wildman–Crippen MR) is 97.5 cm³/mol. The maximum atomic E-state index is 12.3. The first-order chi connectivity index (χ1) is 11.0. The highest BCUT2D eigenvalue weighted by molar-refractivity contribution is 6.39. The summed E-state index contributed by atoms with van der Waals surface area (Å²) >= 11 is 18.3. The van der Waals surface area contributed by atoms with Crippen LogP contribution in [0.25, 0.3) is 0 Å². The van der Waals surface area contributed by atoms with Crippen LogP contribution in [-0.2, 0) is 11.3 Å². The van der Waals surface area contributed by atoms with E-state index >= 15 is 0 Å². The van der Waals surface area contributed by atoms with E-state index in [1.54, 1.807) is 18.2 Å². The summed E-state index contributed by atoms with van der Waals surface area (Å²) in [7, 11) is 0. The van der Waals surface area contributed by atoms with E-state index in [4.69, 9.17) is 34.8 Å². The van der Waals surface area contributed by atoms with E-state index in [1.165, 1.54) is 0 Å². The minimum Gasteiger partial charge on any atom is -0.322 e. The van der Waals surface area contributed by atoms with Gasteiger partial charge in [-0.2, -0.15) is 0 Å². The Hall–Kier alpha value is -1.26. The monoisotopic (exact) mass is 370 g/mol. The van der Waals surface area contributed by atoms with Crippen molar-refractivity contribution in [3.8, 4) is 0 Å². The van der Waals surface area contributed by atoms with Gasteiger partial charge in [-0.15, -0.1) is 0 Å². The number of nitrogens with one attached hydrogen (secondary N) is 1. The first-order valence-electron chi connectivity index (χ1n) is 7.21. The second-order valence-electron chi connectivity index (χ2n) is 5.04. The molecule has 0 saturated heterocycles. The molecule has 0 atom stereocenters. The molecule has 0 aromatic heterocycles. The van der Waals surface area contributed by atoms with Gasteiger partial charge in [0.2, 0.25) is 5.91 Å². The van der Waals surface area contributed by atoms with Gasteiger partial charge in [0.25, 0.3) is 0 Å². The third kappa shape index (κ3) is 5.11. The maximum Gasteiger partial charge on any atom is 0.238 e. The molecule has 122 valence electrons. The number of likely N-dealkylation sites (N-methyl/N-ethyl adjacent to an activating group) is 1. The number of hydrogen-bond donors (Lipinski definition) is 1. The van der Waals surface area contributed by atoms with Gasteiger partial charge < -0.3 is 5.32 Å². The molecule has 0 bridgehead atoms. The van der Waals surface area contributed by atoms with Crippen LogP contribution in [0.1, 0.15) is 12.5 Å². The van der Waals surface area contributed by atoms with Gasteiger partial charge in [-0.05, 0) is 30.3 Å². The molecule has 0 spiro atoms. The van der Waals surface area contributed by atoms with Crippen molar-refractivity contribution in [3.05, 3.63) is 63.1 Å². The summed E-state index contributed by atoms with van der Waals surface area (Å²) < 4.78 is 0. The van der Waals surface area contributed by atoms with Gasteiger partial charge >= 0.3 is 0 Å². The quantitative estimate of drug-likeness (QED) is 0.765. The largest absolute Gasteiger partial charge is 0.322 e. The van der Waals surface area contributed by atoms with Gasteiger partial charge in [-0.3, -0.25) is 9.69 Å². The highest BCUT2D eigenvalue weighted by Gasteiger charge is 2.14. The Morgan fingerprint density at radius 2 is 1.61 bits per heavy atom. The number of anilines is 1. The minimum atomic E-state index is -0.172. The van der Waals surface area contributed by atoms with E-state index in [0.29, 0.717) is 27.3 Å². The van der Waals surface area contributed by atoms with Gasteiger partial charge in [0.15, 0.2) is 0 Å². The molecule has 3 nitrogen and oxygen atoms in total. The van der Waals surface area contributed by atoms with Crippen LogP contribution in [0.3, 0.4) is 0 Å². The Balaban J connectivity index is 2.01. The summed E-state index contributed by atoms with van der Waals surface area (Å²) in [5, 5.41) is 4.29. The fourth-order valence-corrected chi connectivity index (χ4v) is 2.83. The Kier molecular flexibility index (Phi) is 6.72. The molecular weight excluding hydrogens is 355 g/mol. The van der Waals surface area contributed by atoms with Crippen molar-refractivity contribution in [1.82, 2.24) is 4.90 Å². The Bertz CT molecular complexity index is 671. The Labute approximate surface area is 151 Å². The molecule has 2 aromatic carbocycles. The van der Waals surface area contributed by atoms with Gasteiger partial charge in [0.05, 0.1) is 22.3 Å². The van der Waals surface area contributed by atoms with Crippen molar-refractivity contribution >= 4 is 46.4 Å². The molecule has 0 saturated carbocycles. The normalized spacial score (nSPS) is 10.8. The van der Waals surface area contributed by atoms with Crippen LogP contribution in [0.5, 0.6) is 0 Å². The molecule has 1 N–H and O–H groups in total. The molecule has 0 aliphatic carbocycles. The lowest BCUT2D eigenvalue weighted by atomic mass is 10.2. The number of hydrogen-bond acceptors (Lipinski definition) is 2. The van der Waals surface area contributed by atoms with Crippen LogP contribution >= 0.6 is 34.8 Å². The van der Waals surface area contributed by atoms with Crippen molar-refractivity contribution < 1.29 is 4.79 Å². The third-order valence-corrected chi connectivity index (χ3v) is 4.39. The van der Waals surface area contributed by atoms with E-state index < -0.39 is 0 Å². The Morgan fingerprint density at radius 1 is 1.00 bits per heavy atom. The maximum absolute atomic E-state index is 12.3. The third-order valence-electron chi connectivity index (χ3n) is 3.39. The summed E-state index contributed by atoms with van der Waals surface area (Å²) in [4.78, 5) is 14.2. The zero-order valence-electron chi connectivity index (χ0n) is 12.7. The van der Waals surface area contributed by atoms with E-state index in [1.807, 2.05) is 36.1 Å². The van der Waals surface area contributed by atoms with Crippen LogP contribution in [0, 0.1) is 0 Å². The summed E-state index contributed by atoms with van der Waals surface area (Å²) in [5.41, 5.74) is 1.43. The standard InChI is InChI=1S/C17H17Cl3N2O/c1-2-22(10-12-6-3-4-7-13(12)18)11-16(23)21-17-14(19)8-5-9-15(17)20/h3-9H,2,10-11H2,1H3,(H,21,23). The first kappa shape index (κ1) is 18.1. The second-order valence-corrected chi connectivity index (χ2v) is 6.26. The number of carbonyl (C=O) groups excluding carboxylic acids is 1. The van der Waals surface area contributed by atoms with Crippen LogP contribution in [-0.4, -0.2) is 23.9 Å². The molecule has 0 fully saturated rings. The molecule has 0 unspecified atom stereocenters. The lowest BCUT2D eigenvalue weighted by molar-refractivity contribution is -0.117. The topological polar surface area (TPSA) is 32.3 Å². The van der Waals surface area contributed by atoms with E-state index in [-0.39, 0.29) is 12.5 Å². The highest BCUT2D eigenvalue weighted by atomic mass is 35.5. The molecule has 23 heavy (non-hydrogen) atoms. The van der Waals surface area contributed by atoms with E-state index in [2.05, 4.69) is 5.32 Å². The zero-order valence-corrected chi connectivity index (χ0v) is 14.9. The van der Waals surface area contributed by atoms with E-state index in [0.717, 1.165) is 12.1 Å². The molecule has 0 aliphatic heterocycles. The lowest BCUT2D eigenvalue weighted by Crippen LogP contribution is -2.33. The summed E-state index contributed by atoms with van der Waals surface area (Å²) in [5.74, 6) is -0.172. The fourth-order valence-electron chi connectivity index (χ4n) is 2.15. The number of halogens is 3. The van der Waals surface area contributed by atoms with Crippen molar-refractivity contribution in [3.63, 3.8) is 0 Å². The summed E-state index contributed by atoms with van der Waals surface area (Å²) in [6.45, 7) is 3.53. The van der Waals surface area contributed by atoms with Gasteiger partial charge in [-0.1, -0.05) is 66.0 Å². The predicted octanol–water partition coefficient (Wildman–Crippen LogP) is 5.11. The molecule has 0 heterocycles. The minimum absolute atomic E-state index is 0.172. The van der Waals surface area contributed by atoms with Crippen molar-refractivity contribution in [2.75, 3.05) is 18.4 Å². The molecule has 2 rings (SSSR count). The zero-order chi connectivity index (χ0) is 16.8. The summed E-state index contributed by atoms with van der Waals surface area (Å²) in [6, 6.07) is 12.7. The van der Waals surface area contributed by atoms with Gasteiger partial charge in [0.1, 0.15) is 0 Å². The average molecular weight is 372 g/mol. The van der Waals surface area contributed by atoms with Crippen molar-refractivity contribution in [1.29, 1.82) is 0 Å². The van der Waals surface area contributed by atoms with Crippen LogP contribution < -0.4 is 5.32 Å². The SMILES string of the molecule is CCN(CC(=O)Nc1c(Cl)cccc1Cl)Cc1ccccc1Cl. The molecule has 0 aliphatic rings. The smallest absolute Gasteiger partial charge is 0.238 e. The molecule has 1 amide bonds. The van der Waals surface area contributed by atoms with Crippen LogP contribution in [0.15, 0.2) is 42.5 Å². The molecule has 6 heteroatoms. The van der Waals surface area contributed by atoms with Crippen LogP contribution in [0.4, 0.5) is 5.69 Å². The van der Waals surface area contributed by atoms with Crippen molar-refractivity contribution in [2.45, 2.75) is 13.5 Å². The molecule has 0 radical (unpaired) electrons. The number of carbonyl (C=O) groups is 1. The summed E-state index contributed by atoms with van der Waals surface area (Å²) in [6.07, 6.45) is 0. The average Bonchev–Trinajstić information content (AvgIpc) is 2.52. The number of amides is 1. The van der Waals surface area contributed by atoms with Crippen LogP contribution in [0.2, 0.25) is 15.1 Å². The number of para-hydroxylation sites is 1. The van der Waals surface area contributed by atoms with E-state index in [9.17, 15) is 4.79 Å². The number of rotatable bonds is 6. The fraction of sp³-hybridized carbons (Fsp3) is 0.235. The Morgan fingerprint density at radius 3 is 2.22 bits per heavy atom. The van der Waals surface area contributed by atoms with Gasteiger partial charge in [0, 0.05) is 11.6 Å². The number of benzene rings is 2. The second kappa shape index (κ2) is 8.55. The van der Waals surface area contributed by atoms with Crippen molar-refractivity contribution in [2.24, 2.45) is 0 Å². The molecule has 2 aromatic rings. The number of nitrogens with zero attached hydrogens (tertiary/aromatic N) is 1. The highest BCUT2D eigenvalue weighted by Crippen LogP contribution is 2.29. The first-order valence-corrected chi connectivity index (χ1v) is 8.34. The molecular formula is C17H17Cl3N2O. The van der Waals surface area contributed by atoms with Gasteiger partial charge in [-0.25, -0.2) is 0 Å².